The smallest absolute Gasteiger partial charge is 0.237 e. The minimum Gasteiger partial charge on any atom is -0.345 e. The Bertz CT molecular complexity index is 670. The van der Waals surface area contributed by atoms with Gasteiger partial charge in [0.15, 0.2) is 0 Å². The third-order valence-corrected chi connectivity index (χ3v) is 4.26. The van der Waals surface area contributed by atoms with Crippen LogP contribution in [0.4, 0.5) is 0 Å². The first-order valence-electron chi connectivity index (χ1n) is 8.08. The number of carbonyl (C=O) groups excluding carboxylic acids is 1. The summed E-state index contributed by atoms with van der Waals surface area (Å²) in [5.74, 6) is 0.995. The second-order valence-corrected chi connectivity index (χ2v) is 6.30. The Morgan fingerprint density at radius 3 is 2.82 bits per heavy atom. The van der Waals surface area contributed by atoms with E-state index in [-0.39, 0.29) is 18.0 Å². The first-order chi connectivity index (χ1) is 10.6. The summed E-state index contributed by atoms with van der Waals surface area (Å²) < 4.78 is 2.21. The second kappa shape index (κ2) is 6.08. The summed E-state index contributed by atoms with van der Waals surface area (Å²) in [4.78, 5) is 17.1. The predicted molar refractivity (Wildman–Crippen MR) is 87.7 cm³/mol. The van der Waals surface area contributed by atoms with Crippen LogP contribution in [0.15, 0.2) is 24.3 Å². The number of imidazole rings is 1. The molecule has 0 spiro atoms. The Hall–Kier alpha value is -1.88. The number of fused-ring (bicyclic) bond motifs is 1. The maximum atomic E-state index is 12.3. The molecule has 3 rings (SSSR count). The van der Waals surface area contributed by atoms with Gasteiger partial charge in [-0.05, 0) is 52.3 Å². The average molecular weight is 300 g/mol. The number of rotatable bonds is 4. The molecule has 1 aliphatic rings. The number of amides is 1. The zero-order chi connectivity index (χ0) is 15.7. The molecule has 0 radical (unpaired) electrons. The number of carbonyl (C=O) groups is 1. The average Bonchev–Trinajstić information content (AvgIpc) is 3.14. The zero-order valence-electron chi connectivity index (χ0n) is 13.5. The van der Waals surface area contributed by atoms with Gasteiger partial charge in [-0.1, -0.05) is 12.1 Å². The predicted octanol–water partition coefficient (Wildman–Crippen LogP) is 2.55. The molecule has 1 fully saturated rings. The maximum absolute atomic E-state index is 12.3. The summed E-state index contributed by atoms with van der Waals surface area (Å²) in [5.41, 5.74) is 2.10. The van der Waals surface area contributed by atoms with Gasteiger partial charge in [-0.25, -0.2) is 4.98 Å². The molecule has 2 aromatic rings. The molecule has 2 atom stereocenters. The van der Waals surface area contributed by atoms with Gasteiger partial charge >= 0.3 is 0 Å². The topological polar surface area (TPSA) is 59.0 Å². The number of hydrogen-bond donors (Lipinski definition) is 2. The lowest BCUT2D eigenvalue weighted by molar-refractivity contribution is -0.123. The van der Waals surface area contributed by atoms with Crippen LogP contribution < -0.4 is 10.6 Å². The summed E-state index contributed by atoms with van der Waals surface area (Å²) in [7, 11) is 0. The number of hydrogen-bond acceptors (Lipinski definition) is 3. The van der Waals surface area contributed by atoms with Crippen molar-refractivity contribution in [2.24, 2.45) is 0 Å². The van der Waals surface area contributed by atoms with Gasteiger partial charge in [0.25, 0.3) is 0 Å². The highest BCUT2D eigenvalue weighted by Gasteiger charge is 2.25. The summed E-state index contributed by atoms with van der Waals surface area (Å²) in [5, 5.41) is 6.35. The monoisotopic (exact) mass is 300 g/mol. The lowest BCUT2D eigenvalue weighted by Crippen LogP contribution is -2.42. The lowest BCUT2D eigenvalue weighted by atomic mass is 10.2. The molecule has 2 heterocycles. The summed E-state index contributed by atoms with van der Waals surface area (Å²) >= 11 is 0. The third kappa shape index (κ3) is 2.73. The van der Waals surface area contributed by atoms with E-state index in [1.165, 1.54) is 0 Å². The van der Waals surface area contributed by atoms with Gasteiger partial charge in [-0.3, -0.25) is 4.79 Å². The van der Waals surface area contributed by atoms with Gasteiger partial charge in [0.05, 0.1) is 23.1 Å². The van der Waals surface area contributed by atoms with Crippen LogP contribution in [-0.2, 0) is 4.79 Å². The molecule has 1 saturated heterocycles. The van der Waals surface area contributed by atoms with Crippen LogP contribution in [0.25, 0.3) is 11.0 Å². The van der Waals surface area contributed by atoms with E-state index in [4.69, 9.17) is 4.98 Å². The maximum Gasteiger partial charge on any atom is 0.237 e. The molecule has 1 unspecified atom stereocenters. The molecule has 1 aliphatic heterocycles. The Morgan fingerprint density at radius 2 is 2.14 bits per heavy atom. The van der Waals surface area contributed by atoms with Crippen molar-refractivity contribution in [3.05, 3.63) is 30.1 Å². The lowest BCUT2D eigenvalue weighted by Gasteiger charge is -2.20. The highest BCUT2D eigenvalue weighted by molar-refractivity contribution is 5.82. The van der Waals surface area contributed by atoms with Gasteiger partial charge < -0.3 is 15.2 Å². The quantitative estimate of drug-likeness (QED) is 0.912. The van der Waals surface area contributed by atoms with E-state index in [0.29, 0.717) is 6.04 Å². The van der Waals surface area contributed by atoms with Crippen LogP contribution >= 0.6 is 0 Å². The summed E-state index contributed by atoms with van der Waals surface area (Å²) in [6.45, 7) is 7.22. The fraction of sp³-hybridized carbons (Fsp3) is 0.529. The van der Waals surface area contributed by atoms with E-state index in [9.17, 15) is 4.79 Å². The van der Waals surface area contributed by atoms with Crippen molar-refractivity contribution < 1.29 is 4.79 Å². The van der Waals surface area contributed by atoms with Gasteiger partial charge in [0, 0.05) is 6.04 Å². The van der Waals surface area contributed by atoms with Crippen LogP contribution in [0.5, 0.6) is 0 Å². The summed E-state index contributed by atoms with van der Waals surface area (Å²) in [6, 6.07) is 8.26. The number of para-hydroxylation sites is 2. The first kappa shape index (κ1) is 15.0. The Balaban J connectivity index is 1.88. The van der Waals surface area contributed by atoms with Crippen LogP contribution in [0.2, 0.25) is 0 Å². The SMILES string of the molecule is CC(NC(=O)[C@@H]1CCCN1)c1nc2ccccc2n1C(C)C. The number of nitrogens with zero attached hydrogens (tertiary/aromatic N) is 2. The summed E-state index contributed by atoms with van der Waals surface area (Å²) in [6.07, 6.45) is 1.98. The first-order valence-corrected chi connectivity index (χ1v) is 8.08. The van der Waals surface area contributed by atoms with E-state index in [1.807, 2.05) is 25.1 Å². The molecule has 0 aliphatic carbocycles. The minimum absolute atomic E-state index is 0.0562. The van der Waals surface area contributed by atoms with Crippen molar-refractivity contribution in [1.82, 2.24) is 20.2 Å². The molecule has 1 aromatic carbocycles. The number of nitrogens with one attached hydrogen (secondary N) is 2. The highest BCUT2D eigenvalue weighted by Crippen LogP contribution is 2.25. The zero-order valence-corrected chi connectivity index (χ0v) is 13.5. The Kier molecular flexibility index (Phi) is 4.16. The molecule has 1 amide bonds. The molecular weight excluding hydrogens is 276 g/mol. The minimum atomic E-state index is -0.107. The highest BCUT2D eigenvalue weighted by atomic mass is 16.2. The molecule has 5 nitrogen and oxygen atoms in total. The van der Waals surface area contributed by atoms with Gasteiger partial charge in [-0.2, -0.15) is 0 Å². The van der Waals surface area contributed by atoms with E-state index in [1.54, 1.807) is 0 Å². The molecule has 5 heteroatoms. The fourth-order valence-corrected chi connectivity index (χ4v) is 3.20. The molecule has 1 aromatic heterocycles. The van der Waals surface area contributed by atoms with E-state index >= 15 is 0 Å². The van der Waals surface area contributed by atoms with Crippen LogP contribution in [0.3, 0.4) is 0 Å². The molecule has 0 saturated carbocycles. The van der Waals surface area contributed by atoms with Crippen LogP contribution in [0, 0.1) is 0 Å². The van der Waals surface area contributed by atoms with E-state index < -0.39 is 0 Å². The number of benzene rings is 1. The van der Waals surface area contributed by atoms with Gasteiger partial charge in [-0.15, -0.1) is 0 Å². The van der Waals surface area contributed by atoms with Crippen molar-refractivity contribution in [3.8, 4) is 0 Å². The molecular formula is C17H24N4O. The Labute approximate surface area is 131 Å². The van der Waals surface area contributed by atoms with Crippen molar-refractivity contribution in [2.75, 3.05) is 6.54 Å². The van der Waals surface area contributed by atoms with Crippen molar-refractivity contribution in [3.63, 3.8) is 0 Å². The van der Waals surface area contributed by atoms with E-state index in [0.717, 1.165) is 36.2 Å². The van der Waals surface area contributed by atoms with E-state index in [2.05, 4.69) is 35.1 Å². The van der Waals surface area contributed by atoms with Gasteiger partial charge in [0.1, 0.15) is 5.82 Å². The van der Waals surface area contributed by atoms with Crippen LogP contribution in [0.1, 0.15) is 51.5 Å². The number of aromatic nitrogens is 2. The van der Waals surface area contributed by atoms with Crippen molar-refractivity contribution >= 4 is 16.9 Å². The molecule has 2 N–H and O–H groups in total. The second-order valence-electron chi connectivity index (χ2n) is 6.30. The third-order valence-electron chi connectivity index (χ3n) is 4.26. The molecule has 118 valence electrons. The molecule has 0 bridgehead atoms. The van der Waals surface area contributed by atoms with Gasteiger partial charge in [0.2, 0.25) is 5.91 Å². The van der Waals surface area contributed by atoms with Crippen molar-refractivity contribution in [1.29, 1.82) is 0 Å². The van der Waals surface area contributed by atoms with Crippen molar-refractivity contribution in [2.45, 2.75) is 51.7 Å². The van der Waals surface area contributed by atoms with Crippen LogP contribution in [-0.4, -0.2) is 28.0 Å². The Morgan fingerprint density at radius 1 is 1.36 bits per heavy atom. The largest absolute Gasteiger partial charge is 0.345 e. The standard InChI is InChI=1S/C17H24N4O/c1-11(2)21-15-9-5-4-7-13(15)20-16(21)12(3)19-17(22)14-8-6-10-18-14/h4-5,7,9,11-12,14,18H,6,8,10H2,1-3H3,(H,19,22)/t12?,14-/m0/s1. The molecule has 22 heavy (non-hydrogen) atoms. The fourth-order valence-electron chi connectivity index (χ4n) is 3.20. The normalized spacial score (nSPS) is 19.7.